The van der Waals surface area contributed by atoms with E-state index in [2.05, 4.69) is 103 Å². The lowest BCUT2D eigenvalue weighted by atomic mass is 9.82. The molecule has 3 heterocycles. The average Bonchev–Trinajstić information content (AvgIpc) is 3.67. The number of hydrogen-bond acceptors (Lipinski definition) is 4. The molecule has 206 valence electrons. The highest BCUT2D eigenvalue weighted by Crippen LogP contribution is 2.40. The van der Waals surface area contributed by atoms with Gasteiger partial charge in [0.25, 0.3) is 5.44 Å². The molecule has 2 aromatic carbocycles. The first kappa shape index (κ1) is 28.1. The van der Waals surface area contributed by atoms with Crippen LogP contribution in [0.1, 0.15) is 72.3 Å². The first-order valence-electron chi connectivity index (χ1n) is 14.3. The Kier molecular flexibility index (Phi) is 7.59. The fraction of sp³-hybridized carbons (Fsp3) is 0.343. The molecule has 0 saturated heterocycles. The van der Waals surface area contributed by atoms with E-state index in [1.165, 1.54) is 0 Å². The number of nitrogens with zero attached hydrogens (tertiary/aromatic N) is 2. The van der Waals surface area contributed by atoms with Crippen molar-refractivity contribution < 1.29 is 8.83 Å². The molecule has 5 aromatic rings. The van der Waals surface area contributed by atoms with Crippen LogP contribution in [0.2, 0.25) is 0 Å². The lowest BCUT2D eigenvalue weighted by Crippen LogP contribution is -2.18. The van der Waals surface area contributed by atoms with Gasteiger partial charge < -0.3 is 8.83 Å². The Bertz CT molecular complexity index is 1670. The van der Waals surface area contributed by atoms with Crippen molar-refractivity contribution in [2.45, 2.75) is 71.6 Å². The van der Waals surface area contributed by atoms with Gasteiger partial charge in [-0.3, -0.25) is 0 Å². The first-order chi connectivity index (χ1) is 19.1. The Morgan fingerprint density at radius 2 is 1.25 bits per heavy atom. The molecule has 0 aliphatic heterocycles. The Balaban J connectivity index is 1.79. The predicted molar refractivity (Wildman–Crippen MR) is 171 cm³/mol. The van der Waals surface area contributed by atoms with Gasteiger partial charge in [-0.2, -0.15) is 0 Å². The standard InChI is InChI=1S/C35H40N2O2P/c1-9-34(4,5)28-21-19-26(38-28)25-18-17-24(27-20-22-29(39-27)35(6,10-2)11-3)31-32(25)37-33(40(7)8)30(36-31)23-15-13-12-14-16-23/h12-22H,7,9-11H2,1-6,8H3/q+1. The van der Waals surface area contributed by atoms with E-state index in [1.54, 1.807) is 0 Å². The monoisotopic (exact) mass is 551 g/mol. The van der Waals surface area contributed by atoms with Crippen molar-refractivity contribution in [3.63, 3.8) is 0 Å². The second-order valence-electron chi connectivity index (χ2n) is 11.7. The van der Waals surface area contributed by atoms with Crippen LogP contribution in [-0.4, -0.2) is 22.9 Å². The lowest BCUT2D eigenvalue weighted by molar-refractivity contribution is 0.344. The molecule has 1 atom stereocenters. The molecule has 0 N–H and O–H groups in total. The summed E-state index contributed by atoms with van der Waals surface area (Å²) in [5, 5.41) is 0. The highest BCUT2D eigenvalue weighted by Gasteiger charge is 2.29. The second kappa shape index (κ2) is 10.8. The van der Waals surface area contributed by atoms with Crippen LogP contribution in [0.5, 0.6) is 0 Å². The highest BCUT2D eigenvalue weighted by molar-refractivity contribution is 7.62. The highest BCUT2D eigenvalue weighted by atomic mass is 31.1. The molecule has 0 radical (unpaired) electrons. The van der Waals surface area contributed by atoms with Gasteiger partial charge in [-0.15, -0.1) is 0 Å². The van der Waals surface area contributed by atoms with E-state index in [0.717, 1.165) is 81.2 Å². The third-order valence-corrected chi connectivity index (χ3v) is 9.70. The van der Waals surface area contributed by atoms with Crippen molar-refractivity contribution in [3.05, 3.63) is 78.3 Å². The molecule has 0 aliphatic carbocycles. The SMILES string of the molecule is C=[P+](C)c1nc2c(-c3ccc(C(C)(C)CC)o3)ccc(-c3ccc(C(C)(CC)CC)o3)c2nc1-c1ccccc1. The predicted octanol–water partition coefficient (Wildman–Crippen LogP) is 9.75. The fourth-order valence-electron chi connectivity index (χ4n) is 5.01. The van der Waals surface area contributed by atoms with Crippen LogP contribution >= 0.6 is 7.55 Å². The van der Waals surface area contributed by atoms with Gasteiger partial charge in [0.05, 0.1) is 6.30 Å². The summed E-state index contributed by atoms with van der Waals surface area (Å²) in [6.45, 7) is 15.4. The van der Waals surface area contributed by atoms with Gasteiger partial charge >= 0.3 is 0 Å². The first-order valence-corrected chi connectivity index (χ1v) is 16.2. The normalized spacial score (nSPS) is 12.7. The Labute approximate surface area is 239 Å². The summed E-state index contributed by atoms with van der Waals surface area (Å²) in [6, 6.07) is 22.8. The van der Waals surface area contributed by atoms with Gasteiger partial charge in [0.2, 0.25) is 0 Å². The summed E-state index contributed by atoms with van der Waals surface area (Å²) in [5.74, 6) is 3.58. The van der Waals surface area contributed by atoms with Crippen LogP contribution in [0.4, 0.5) is 0 Å². The van der Waals surface area contributed by atoms with E-state index < -0.39 is 7.55 Å². The van der Waals surface area contributed by atoms with E-state index in [9.17, 15) is 0 Å². The minimum absolute atomic E-state index is 0.00931. The molecule has 5 rings (SSSR count). The molecule has 1 unspecified atom stereocenters. The second-order valence-corrected chi connectivity index (χ2v) is 13.5. The third kappa shape index (κ3) is 4.95. The number of furan rings is 2. The zero-order valence-electron chi connectivity index (χ0n) is 24.8. The Morgan fingerprint density at radius 1 is 0.700 bits per heavy atom. The van der Waals surface area contributed by atoms with Crippen molar-refractivity contribution in [2.24, 2.45) is 0 Å². The van der Waals surface area contributed by atoms with E-state index in [-0.39, 0.29) is 10.8 Å². The maximum atomic E-state index is 6.56. The summed E-state index contributed by atoms with van der Waals surface area (Å²) in [5.41, 5.74) is 6.26. The zero-order chi connectivity index (χ0) is 28.7. The van der Waals surface area contributed by atoms with Crippen molar-refractivity contribution in [1.82, 2.24) is 9.97 Å². The number of fused-ring (bicyclic) bond motifs is 1. The average molecular weight is 552 g/mol. The van der Waals surface area contributed by atoms with Gasteiger partial charge in [0, 0.05) is 27.5 Å². The van der Waals surface area contributed by atoms with Crippen molar-refractivity contribution in [1.29, 1.82) is 0 Å². The number of hydrogen-bond donors (Lipinski definition) is 0. The summed E-state index contributed by atoms with van der Waals surface area (Å²) in [6.07, 6.45) is 7.41. The van der Waals surface area contributed by atoms with Gasteiger partial charge in [-0.1, -0.05) is 71.9 Å². The molecule has 3 aromatic heterocycles. The molecule has 0 saturated carbocycles. The van der Waals surface area contributed by atoms with E-state index >= 15 is 0 Å². The molecule has 0 fully saturated rings. The maximum absolute atomic E-state index is 6.56. The molecule has 4 nitrogen and oxygen atoms in total. The largest absolute Gasteiger partial charge is 0.460 e. The van der Waals surface area contributed by atoms with Gasteiger partial charge in [0.15, 0.2) is 0 Å². The zero-order valence-corrected chi connectivity index (χ0v) is 25.7. The summed E-state index contributed by atoms with van der Waals surface area (Å²) in [7, 11) is -0.768. The molecule has 0 aliphatic rings. The molecular formula is C35H40N2O2P+. The van der Waals surface area contributed by atoms with Crippen LogP contribution in [0.3, 0.4) is 0 Å². The Hall–Kier alpha value is -3.49. The van der Waals surface area contributed by atoms with Crippen LogP contribution in [0.25, 0.3) is 44.9 Å². The quantitative estimate of drug-likeness (QED) is 0.171. The summed E-state index contributed by atoms with van der Waals surface area (Å²) >= 11 is 0. The fourth-order valence-corrected chi connectivity index (χ4v) is 5.82. The topological polar surface area (TPSA) is 52.1 Å². The molecular weight excluding hydrogens is 511 g/mol. The van der Waals surface area contributed by atoms with Gasteiger partial charge in [-0.25, -0.2) is 9.97 Å². The Morgan fingerprint density at radius 3 is 1.80 bits per heavy atom. The van der Waals surface area contributed by atoms with Crippen molar-refractivity contribution in [3.8, 4) is 33.9 Å². The maximum Gasteiger partial charge on any atom is 0.264 e. The number of aromatic nitrogens is 2. The van der Waals surface area contributed by atoms with Crippen molar-refractivity contribution >= 4 is 30.3 Å². The summed E-state index contributed by atoms with van der Waals surface area (Å²) < 4.78 is 13.0. The minimum atomic E-state index is -0.768. The third-order valence-electron chi connectivity index (χ3n) is 8.66. The van der Waals surface area contributed by atoms with E-state index in [4.69, 9.17) is 18.8 Å². The van der Waals surface area contributed by atoms with Gasteiger partial charge in [-0.05, 0) is 55.7 Å². The smallest absolute Gasteiger partial charge is 0.264 e. The minimum Gasteiger partial charge on any atom is -0.460 e. The summed E-state index contributed by atoms with van der Waals surface area (Å²) in [4.78, 5) is 10.6. The molecule has 0 amide bonds. The lowest BCUT2D eigenvalue weighted by Gasteiger charge is -2.23. The number of rotatable bonds is 9. The molecule has 40 heavy (non-hydrogen) atoms. The molecule has 5 heteroatoms. The van der Waals surface area contributed by atoms with Gasteiger partial charge in [0.1, 0.15) is 54.0 Å². The van der Waals surface area contributed by atoms with Crippen LogP contribution in [-0.2, 0) is 10.8 Å². The van der Waals surface area contributed by atoms with Crippen LogP contribution < -0.4 is 5.44 Å². The molecule has 0 spiro atoms. The van der Waals surface area contributed by atoms with Crippen molar-refractivity contribution in [2.75, 3.05) is 6.66 Å². The van der Waals surface area contributed by atoms with Crippen LogP contribution in [0, 0.1) is 0 Å². The number of benzene rings is 2. The van der Waals surface area contributed by atoms with E-state index in [0.29, 0.717) is 0 Å². The molecule has 0 bridgehead atoms. The van der Waals surface area contributed by atoms with Crippen LogP contribution in [0.15, 0.2) is 75.6 Å². The van der Waals surface area contributed by atoms with E-state index in [1.807, 2.05) is 18.2 Å².